The highest BCUT2D eigenvalue weighted by atomic mass is 16.7. The summed E-state index contributed by atoms with van der Waals surface area (Å²) in [7, 11) is 0. The van der Waals surface area contributed by atoms with Crippen LogP contribution in [0.3, 0.4) is 0 Å². The molecule has 0 aliphatic carbocycles. The average Bonchev–Trinajstić information content (AvgIpc) is 1.98. The molecule has 0 fully saturated rings. The molecule has 0 spiro atoms. The Labute approximate surface area is 52.9 Å². The Balaban J connectivity index is 2.97. The summed E-state index contributed by atoms with van der Waals surface area (Å²) in [5.74, 6) is 0. The minimum Gasteiger partial charge on any atom is -0.561 e. The van der Waals surface area contributed by atoms with Crippen LogP contribution in [0.25, 0.3) is 0 Å². The second kappa shape index (κ2) is 1.72. The van der Waals surface area contributed by atoms with Gasteiger partial charge < -0.3 is 10.4 Å². The molecule has 1 rings (SSSR count). The summed E-state index contributed by atoms with van der Waals surface area (Å²) >= 11 is 0. The van der Waals surface area contributed by atoms with E-state index in [1.54, 1.807) is 13.8 Å². The minimum atomic E-state index is 0.370. The molecule has 0 unspecified atom stereocenters. The summed E-state index contributed by atoms with van der Waals surface area (Å²) in [4.78, 5) is 0.741. The molecule has 0 atom stereocenters. The van der Waals surface area contributed by atoms with E-state index in [0.29, 0.717) is 27.5 Å². The normalized spacial score (nSPS) is 19.8. The minimum absolute atomic E-state index is 0.370. The molecule has 0 aromatic rings. The van der Waals surface area contributed by atoms with E-state index in [1.165, 1.54) is 0 Å². The fourth-order valence-electron chi connectivity index (χ4n) is 0.816. The largest absolute Gasteiger partial charge is 0.561 e. The van der Waals surface area contributed by atoms with Crippen molar-refractivity contribution in [2.45, 2.75) is 20.3 Å². The first-order valence-electron chi connectivity index (χ1n) is 2.72. The molecule has 1 heterocycles. The van der Waals surface area contributed by atoms with Gasteiger partial charge in [-0.3, -0.25) is 0 Å². The third kappa shape index (κ3) is 0.759. The smallest absolute Gasteiger partial charge is 0.248 e. The highest BCUT2D eigenvalue weighted by Crippen LogP contribution is 1.98. The predicted molar refractivity (Wildman–Crippen MR) is 33.2 cm³/mol. The summed E-state index contributed by atoms with van der Waals surface area (Å²) < 4.78 is 0. The van der Waals surface area contributed by atoms with E-state index in [-0.39, 0.29) is 0 Å². The molecule has 1 aliphatic heterocycles. The topological polar surface area (TPSA) is 52.1 Å². The lowest BCUT2D eigenvalue weighted by Gasteiger charge is -1.94. The summed E-state index contributed by atoms with van der Waals surface area (Å²) in [6.45, 7) is 3.29. The zero-order valence-corrected chi connectivity index (χ0v) is 5.42. The van der Waals surface area contributed by atoms with E-state index in [4.69, 9.17) is 0 Å². The first kappa shape index (κ1) is 6.07. The molecule has 0 amide bonds. The zero-order chi connectivity index (χ0) is 7.02. The van der Waals surface area contributed by atoms with Crippen LogP contribution in [0.1, 0.15) is 20.3 Å². The molecule has 1 aliphatic rings. The highest BCUT2D eigenvalue weighted by Gasteiger charge is 2.25. The fourth-order valence-corrected chi connectivity index (χ4v) is 0.816. The molecule has 0 radical (unpaired) electrons. The Morgan fingerprint density at radius 1 is 1.11 bits per heavy atom. The molecular formula is C5H8N2O2. The number of hydrazone groups is 2. The van der Waals surface area contributed by atoms with Crippen LogP contribution in [0.4, 0.5) is 0 Å². The SMILES string of the molecule is CC1=[N+]([O-])[N+]([O-])=C(C)C1. The van der Waals surface area contributed by atoms with E-state index in [0.717, 1.165) is 0 Å². The Hall–Kier alpha value is -1.06. The van der Waals surface area contributed by atoms with Gasteiger partial charge in [0.1, 0.15) is 6.42 Å². The van der Waals surface area contributed by atoms with E-state index >= 15 is 0 Å². The molecule has 50 valence electrons. The summed E-state index contributed by atoms with van der Waals surface area (Å²) in [5.41, 5.74) is 1.12. The second-order valence-electron chi connectivity index (χ2n) is 2.19. The Kier molecular flexibility index (Phi) is 1.16. The molecule has 0 bridgehead atoms. The zero-order valence-electron chi connectivity index (χ0n) is 5.42. The van der Waals surface area contributed by atoms with Gasteiger partial charge in [0.05, 0.1) is 9.70 Å². The van der Waals surface area contributed by atoms with Crippen molar-refractivity contribution in [2.75, 3.05) is 0 Å². The lowest BCUT2D eigenvalue weighted by molar-refractivity contribution is -1.05. The molecule has 0 aromatic carbocycles. The fraction of sp³-hybridized carbons (Fsp3) is 0.600. The number of nitrogens with zero attached hydrogens (tertiary/aromatic N) is 2. The molecule has 4 heteroatoms. The van der Waals surface area contributed by atoms with Crippen molar-refractivity contribution in [3.63, 3.8) is 0 Å². The van der Waals surface area contributed by atoms with Gasteiger partial charge in [0.2, 0.25) is 11.4 Å². The van der Waals surface area contributed by atoms with Gasteiger partial charge in [0.25, 0.3) is 0 Å². The van der Waals surface area contributed by atoms with Gasteiger partial charge in [-0.05, 0) is 0 Å². The van der Waals surface area contributed by atoms with Crippen LogP contribution in [-0.2, 0) is 0 Å². The van der Waals surface area contributed by atoms with Crippen LogP contribution >= 0.6 is 0 Å². The van der Waals surface area contributed by atoms with Gasteiger partial charge in [0.15, 0.2) is 0 Å². The molecule has 9 heavy (non-hydrogen) atoms. The Bertz CT molecular complexity index is 183. The predicted octanol–water partition coefficient (Wildman–Crippen LogP) is 0.247. The lowest BCUT2D eigenvalue weighted by Crippen LogP contribution is -2.15. The molecule has 0 saturated heterocycles. The standard InChI is InChI=1S/C5H8N2O2/c1-4-3-5(2)7(9)6(4)8/h3H2,1-2H3. The number of hydrogen-bond donors (Lipinski definition) is 0. The van der Waals surface area contributed by atoms with Crippen molar-refractivity contribution >= 4 is 11.4 Å². The van der Waals surface area contributed by atoms with Crippen molar-refractivity contribution in [2.24, 2.45) is 0 Å². The molecule has 0 saturated carbocycles. The van der Waals surface area contributed by atoms with Gasteiger partial charge in [-0.1, -0.05) is 0 Å². The van der Waals surface area contributed by atoms with Crippen LogP contribution in [0.2, 0.25) is 0 Å². The third-order valence-corrected chi connectivity index (χ3v) is 1.33. The van der Waals surface area contributed by atoms with Gasteiger partial charge >= 0.3 is 0 Å². The van der Waals surface area contributed by atoms with Gasteiger partial charge in [-0.2, -0.15) is 0 Å². The monoisotopic (exact) mass is 128 g/mol. The Morgan fingerprint density at radius 3 is 1.56 bits per heavy atom. The molecule has 0 aromatic heterocycles. The molecule has 4 nitrogen and oxygen atoms in total. The van der Waals surface area contributed by atoms with E-state index in [2.05, 4.69) is 0 Å². The van der Waals surface area contributed by atoms with Crippen LogP contribution in [0, 0.1) is 10.4 Å². The van der Waals surface area contributed by atoms with Gasteiger partial charge in [0, 0.05) is 13.8 Å². The highest BCUT2D eigenvalue weighted by molar-refractivity contribution is 5.99. The first-order chi connectivity index (χ1) is 4.13. The molecule has 0 N–H and O–H groups in total. The van der Waals surface area contributed by atoms with Crippen LogP contribution in [-0.4, -0.2) is 21.1 Å². The summed E-state index contributed by atoms with van der Waals surface area (Å²) in [6.07, 6.45) is 0.507. The van der Waals surface area contributed by atoms with Gasteiger partial charge in [-0.15, -0.1) is 0 Å². The number of rotatable bonds is 0. The third-order valence-electron chi connectivity index (χ3n) is 1.33. The van der Waals surface area contributed by atoms with E-state index in [1.807, 2.05) is 0 Å². The van der Waals surface area contributed by atoms with Crippen molar-refractivity contribution < 1.29 is 9.70 Å². The first-order valence-corrected chi connectivity index (χ1v) is 2.72. The van der Waals surface area contributed by atoms with Crippen molar-refractivity contribution in [1.82, 2.24) is 0 Å². The van der Waals surface area contributed by atoms with E-state index in [9.17, 15) is 10.4 Å². The van der Waals surface area contributed by atoms with Crippen LogP contribution < -0.4 is 0 Å². The van der Waals surface area contributed by atoms with Crippen LogP contribution in [0.15, 0.2) is 0 Å². The van der Waals surface area contributed by atoms with Crippen molar-refractivity contribution in [3.05, 3.63) is 10.4 Å². The Morgan fingerprint density at radius 2 is 1.44 bits per heavy atom. The van der Waals surface area contributed by atoms with Crippen molar-refractivity contribution in [3.8, 4) is 0 Å². The summed E-state index contributed by atoms with van der Waals surface area (Å²) in [5, 5.41) is 21.2. The maximum atomic E-state index is 10.6. The number of hydrogen-bond acceptors (Lipinski definition) is 2. The molecular weight excluding hydrogens is 120 g/mol. The maximum Gasteiger partial charge on any atom is 0.248 e. The van der Waals surface area contributed by atoms with Gasteiger partial charge in [-0.25, -0.2) is 0 Å². The lowest BCUT2D eigenvalue weighted by atomic mass is 10.2. The summed E-state index contributed by atoms with van der Waals surface area (Å²) in [6, 6.07) is 0. The number of hydrazine groups is 1. The van der Waals surface area contributed by atoms with Crippen LogP contribution in [0.5, 0.6) is 0 Å². The average molecular weight is 128 g/mol. The quantitative estimate of drug-likeness (QED) is 0.347. The van der Waals surface area contributed by atoms with E-state index < -0.39 is 0 Å². The second-order valence-corrected chi connectivity index (χ2v) is 2.19. The maximum absolute atomic E-state index is 10.6. The van der Waals surface area contributed by atoms with Crippen molar-refractivity contribution in [1.29, 1.82) is 0 Å².